The van der Waals surface area contributed by atoms with Crippen molar-refractivity contribution in [3.05, 3.63) is 0 Å². The molecule has 2 saturated carbocycles. The molecule has 0 saturated heterocycles. The zero-order chi connectivity index (χ0) is 15.1. The Morgan fingerprint density at radius 2 is 1.57 bits per heavy atom. The van der Waals surface area contributed by atoms with Crippen LogP contribution in [-0.2, 0) is 4.79 Å². The van der Waals surface area contributed by atoms with Crippen LogP contribution in [0.2, 0.25) is 0 Å². The van der Waals surface area contributed by atoms with Crippen LogP contribution in [0.15, 0.2) is 0 Å². The monoisotopic (exact) mass is 294 g/mol. The van der Waals surface area contributed by atoms with Gasteiger partial charge in [-0.25, -0.2) is 0 Å². The molecule has 0 radical (unpaired) electrons. The lowest BCUT2D eigenvalue weighted by Crippen LogP contribution is -2.44. The number of amides is 1. The summed E-state index contributed by atoms with van der Waals surface area (Å²) < 4.78 is 0. The second-order valence-corrected chi connectivity index (χ2v) is 7.21. The Labute approximate surface area is 130 Å². The van der Waals surface area contributed by atoms with Crippen molar-refractivity contribution in [1.29, 1.82) is 0 Å². The van der Waals surface area contributed by atoms with Crippen LogP contribution in [-0.4, -0.2) is 25.0 Å². The quantitative estimate of drug-likeness (QED) is 0.785. The molecule has 21 heavy (non-hydrogen) atoms. The summed E-state index contributed by atoms with van der Waals surface area (Å²) in [7, 11) is 2.04. The highest BCUT2D eigenvalue weighted by Crippen LogP contribution is 2.32. The largest absolute Gasteiger partial charge is 0.353 e. The van der Waals surface area contributed by atoms with Crippen molar-refractivity contribution in [3.8, 4) is 0 Å². The fourth-order valence-corrected chi connectivity index (χ4v) is 4.05. The molecule has 0 aromatic rings. The van der Waals surface area contributed by atoms with Gasteiger partial charge in [-0.05, 0) is 64.3 Å². The van der Waals surface area contributed by atoms with Gasteiger partial charge < -0.3 is 10.6 Å². The highest BCUT2D eigenvalue weighted by Gasteiger charge is 2.28. The molecule has 2 rings (SSSR count). The zero-order valence-corrected chi connectivity index (χ0v) is 14.0. The maximum absolute atomic E-state index is 12.4. The molecule has 0 aromatic carbocycles. The second kappa shape index (κ2) is 8.77. The third-order valence-electron chi connectivity index (χ3n) is 5.67. The number of carbonyl (C=O) groups excluding carboxylic acids is 1. The van der Waals surface area contributed by atoms with E-state index in [1.165, 1.54) is 44.9 Å². The molecule has 0 atom stereocenters. The summed E-state index contributed by atoms with van der Waals surface area (Å²) in [5.41, 5.74) is 0. The Bertz CT molecular complexity index is 302. The van der Waals surface area contributed by atoms with Crippen LogP contribution in [0.25, 0.3) is 0 Å². The molecule has 0 aliphatic heterocycles. The van der Waals surface area contributed by atoms with Crippen molar-refractivity contribution in [1.82, 2.24) is 10.6 Å². The van der Waals surface area contributed by atoms with Crippen LogP contribution in [0.3, 0.4) is 0 Å². The van der Waals surface area contributed by atoms with Gasteiger partial charge in [0.15, 0.2) is 0 Å². The van der Waals surface area contributed by atoms with Crippen LogP contribution in [0.5, 0.6) is 0 Å². The average molecular weight is 294 g/mol. The SMILES string of the molecule is CCCCC1CCC(C(=O)NC2CCC(NC)CC2)CC1. The first-order chi connectivity index (χ1) is 10.2. The van der Waals surface area contributed by atoms with E-state index in [1.54, 1.807) is 0 Å². The summed E-state index contributed by atoms with van der Waals surface area (Å²) >= 11 is 0. The van der Waals surface area contributed by atoms with E-state index in [-0.39, 0.29) is 0 Å². The number of carbonyl (C=O) groups is 1. The van der Waals surface area contributed by atoms with Crippen LogP contribution >= 0.6 is 0 Å². The molecule has 0 heterocycles. The molecule has 0 spiro atoms. The predicted molar refractivity (Wildman–Crippen MR) is 88.2 cm³/mol. The molecule has 0 aromatic heterocycles. The van der Waals surface area contributed by atoms with E-state index in [9.17, 15) is 4.79 Å². The molecule has 0 bridgehead atoms. The fraction of sp³-hybridized carbons (Fsp3) is 0.944. The normalized spacial score (nSPS) is 33.6. The maximum atomic E-state index is 12.4. The van der Waals surface area contributed by atoms with Gasteiger partial charge >= 0.3 is 0 Å². The van der Waals surface area contributed by atoms with Gasteiger partial charge in [0.1, 0.15) is 0 Å². The van der Waals surface area contributed by atoms with Crippen LogP contribution < -0.4 is 10.6 Å². The van der Waals surface area contributed by atoms with E-state index in [1.807, 2.05) is 7.05 Å². The molecule has 3 nitrogen and oxygen atoms in total. The standard InChI is InChI=1S/C18H34N2O/c1-3-4-5-14-6-8-15(9-7-14)18(21)20-17-12-10-16(19-2)11-13-17/h14-17,19H,3-13H2,1-2H3,(H,20,21). The molecule has 2 N–H and O–H groups in total. The third-order valence-corrected chi connectivity index (χ3v) is 5.67. The lowest BCUT2D eigenvalue weighted by atomic mass is 9.79. The number of nitrogens with one attached hydrogen (secondary N) is 2. The fourth-order valence-electron chi connectivity index (χ4n) is 4.05. The molecule has 1 amide bonds. The summed E-state index contributed by atoms with van der Waals surface area (Å²) in [6.07, 6.45) is 13.5. The Hall–Kier alpha value is -0.570. The van der Waals surface area contributed by atoms with E-state index in [0.717, 1.165) is 31.6 Å². The Morgan fingerprint density at radius 3 is 2.14 bits per heavy atom. The first kappa shape index (κ1) is 16.8. The average Bonchev–Trinajstić information content (AvgIpc) is 2.54. The first-order valence-electron chi connectivity index (χ1n) is 9.20. The van der Waals surface area contributed by atoms with Gasteiger partial charge in [-0.15, -0.1) is 0 Å². The number of hydrogen-bond acceptors (Lipinski definition) is 2. The van der Waals surface area contributed by atoms with Gasteiger partial charge in [0.2, 0.25) is 5.91 Å². The van der Waals surface area contributed by atoms with Gasteiger partial charge in [-0.1, -0.05) is 26.2 Å². The van der Waals surface area contributed by atoms with Gasteiger partial charge in [-0.3, -0.25) is 4.79 Å². The topological polar surface area (TPSA) is 41.1 Å². The number of rotatable bonds is 6. The molecular formula is C18H34N2O. The van der Waals surface area contributed by atoms with Crippen LogP contribution in [0.4, 0.5) is 0 Å². The molecular weight excluding hydrogens is 260 g/mol. The van der Waals surface area contributed by atoms with E-state index in [2.05, 4.69) is 17.6 Å². The van der Waals surface area contributed by atoms with Crippen molar-refractivity contribution in [2.75, 3.05) is 7.05 Å². The molecule has 2 aliphatic carbocycles. The van der Waals surface area contributed by atoms with Gasteiger partial charge in [-0.2, -0.15) is 0 Å². The number of hydrogen-bond donors (Lipinski definition) is 2. The van der Waals surface area contributed by atoms with Crippen molar-refractivity contribution in [2.24, 2.45) is 11.8 Å². The number of unbranched alkanes of at least 4 members (excludes halogenated alkanes) is 1. The molecule has 2 aliphatic rings. The second-order valence-electron chi connectivity index (χ2n) is 7.21. The molecule has 2 fully saturated rings. The van der Waals surface area contributed by atoms with E-state index in [0.29, 0.717) is 23.9 Å². The van der Waals surface area contributed by atoms with Crippen molar-refractivity contribution in [2.45, 2.75) is 89.6 Å². The Balaban J connectivity index is 1.66. The van der Waals surface area contributed by atoms with Crippen molar-refractivity contribution < 1.29 is 4.79 Å². The van der Waals surface area contributed by atoms with E-state index in [4.69, 9.17) is 0 Å². The summed E-state index contributed by atoms with van der Waals surface area (Å²) in [5.74, 6) is 1.53. The summed E-state index contributed by atoms with van der Waals surface area (Å²) in [6, 6.07) is 1.09. The highest BCUT2D eigenvalue weighted by molar-refractivity contribution is 5.79. The van der Waals surface area contributed by atoms with Crippen LogP contribution in [0, 0.1) is 11.8 Å². The van der Waals surface area contributed by atoms with Crippen molar-refractivity contribution >= 4 is 5.91 Å². The smallest absolute Gasteiger partial charge is 0.223 e. The van der Waals surface area contributed by atoms with Gasteiger partial charge in [0.25, 0.3) is 0 Å². The first-order valence-corrected chi connectivity index (χ1v) is 9.20. The highest BCUT2D eigenvalue weighted by atomic mass is 16.1. The van der Waals surface area contributed by atoms with Gasteiger partial charge in [0, 0.05) is 18.0 Å². The lowest BCUT2D eigenvalue weighted by Gasteiger charge is -2.32. The minimum Gasteiger partial charge on any atom is -0.353 e. The summed E-state index contributed by atoms with van der Waals surface area (Å²) in [5, 5.41) is 6.67. The molecule has 122 valence electrons. The third kappa shape index (κ3) is 5.28. The zero-order valence-electron chi connectivity index (χ0n) is 14.0. The van der Waals surface area contributed by atoms with Gasteiger partial charge in [0.05, 0.1) is 0 Å². The predicted octanol–water partition coefficient (Wildman–Crippen LogP) is 3.63. The lowest BCUT2D eigenvalue weighted by molar-refractivity contribution is -0.127. The maximum Gasteiger partial charge on any atom is 0.223 e. The van der Waals surface area contributed by atoms with Crippen LogP contribution in [0.1, 0.15) is 77.6 Å². The molecule has 3 heteroatoms. The minimum atomic E-state index is 0.296. The van der Waals surface area contributed by atoms with Crippen molar-refractivity contribution in [3.63, 3.8) is 0 Å². The Kier molecular flexibility index (Phi) is 7.01. The summed E-state index contributed by atoms with van der Waals surface area (Å²) in [6.45, 7) is 2.27. The van der Waals surface area contributed by atoms with E-state index < -0.39 is 0 Å². The molecule has 0 unspecified atom stereocenters. The Morgan fingerprint density at radius 1 is 0.952 bits per heavy atom. The van der Waals surface area contributed by atoms with E-state index >= 15 is 0 Å². The summed E-state index contributed by atoms with van der Waals surface area (Å²) in [4.78, 5) is 12.4. The minimum absolute atomic E-state index is 0.296.